The van der Waals surface area contributed by atoms with Gasteiger partial charge in [-0.25, -0.2) is 0 Å². The molecular formula is C17H22N2O3. The molecule has 0 aromatic heterocycles. The van der Waals surface area contributed by atoms with Crippen molar-refractivity contribution in [2.75, 3.05) is 5.32 Å². The summed E-state index contributed by atoms with van der Waals surface area (Å²) in [6, 6.07) is 5.42. The second-order valence-corrected chi connectivity index (χ2v) is 6.12. The highest BCUT2D eigenvalue weighted by molar-refractivity contribution is 6.00. The molecule has 1 aromatic rings. The van der Waals surface area contributed by atoms with Crippen LogP contribution in [0.3, 0.4) is 0 Å². The molecule has 22 heavy (non-hydrogen) atoms. The fraction of sp³-hybridized carbons (Fsp3) is 0.529. The highest BCUT2D eigenvalue weighted by Crippen LogP contribution is 2.30. The zero-order valence-corrected chi connectivity index (χ0v) is 12.9. The number of carbonyl (C=O) groups excluding carboxylic acids is 2. The number of hydrogen-bond donors (Lipinski definition) is 2. The first-order valence-electron chi connectivity index (χ1n) is 8.06. The van der Waals surface area contributed by atoms with Gasteiger partial charge in [0.15, 0.2) is 6.10 Å². The van der Waals surface area contributed by atoms with Crippen molar-refractivity contribution >= 4 is 17.5 Å². The second kappa shape index (κ2) is 6.38. The van der Waals surface area contributed by atoms with Gasteiger partial charge in [-0.05, 0) is 38.0 Å². The lowest BCUT2D eigenvalue weighted by molar-refractivity contribution is -0.122. The van der Waals surface area contributed by atoms with Crippen LogP contribution in [0.5, 0.6) is 5.75 Å². The minimum atomic E-state index is -0.535. The standard InChI is InChI=1S/C17H22N2O3/c1-11-16(20)19-14-9-8-12(10-15(14)22-11)17(21)18-13-6-4-2-3-5-7-13/h8-11,13H,2-7H2,1H3,(H,18,21)(H,19,20). The first-order chi connectivity index (χ1) is 10.6. The molecule has 1 fully saturated rings. The molecule has 1 atom stereocenters. The Morgan fingerprint density at radius 3 is 2.68 bits per heavy atom. The SMILES string of the molecule is CC1Oc2cc(C(=O)NC3CCCCCC3)ccc2NC1=O. The van der Waals surface area contributed by atoms with Crippen molar-refractivity contribution in [1.29, 1.82) is 0 Å². The van der Waals surface area contributed by atoms with Gasteiger partial charge in [0.05, 0.1) is 5.69 Å². The molecule has 0 saturated heterocycles. The number of fused-ring (bicyclic) bond motifs is 1. The number of benzene rings is 1. The Hall–Kier alpha value is -2.04. The lowest BCUT2D eigenvalue weighted by atomic mass is 10.1. The number of anilines is 1. The Balaban J connectivity index is 1.70. The van der Waals surface area contributed by atoms with Crippen LogP contribution in [-0.4, -0.2) is 24.0 Å². The van der Waals surface area contributed by atoms with Gasteiger partial charge in [-0.15, -0.1) is 0 Å². The fourth-order valence-electron chi connectivity index (χ4n) is 3.04. The number of nitrogens with one attached hydrogen (secondary N) is 2. The summed E-state index contributed by atoms with van der Waals surface area (Å²) in [5.74, 6) is 0.326. The van der Waals surface area contributed by atoms with Crippen LogP contribution in [0.25, 0.3) is 0 Å². The summed E-state index contributed by atoms with van der Waals surface area (Å²) in [7, 11) is 0. The molecule has 1 saturated carbocycles. The molecule has 2 N–H and O–H groups in total. The number of carbonyl (C=O) groups is 2. The Kier molecular flexibility index (Phi) is 4.32. The third kappa shape index (κ3) is 3.24. The molecule has 1 aliphatic carbocycles. The highest BCUT2D eigenvalue weighted by atomic mass is 16.5. The first kappa shape index (κ1) is 14.9. The number of ether oxygens (including phenoxy) is 1. The van der Waals surface area contributed by atoms with Gasteiger partial charge in [0.25, 0.3) is 11.8 Å². The summed E-state index contributed by atoms with van der Waals surface area (Å²) in [6.07, 6.45) is 6.46. The van der Waals surface area contributed by atoms with Crippen LogP contribution in [-0.2, 0) is 4.79 Å². The molecule has 5 heteroatoms. The van der Waals surface area contributed by atoms with Gasteiger partial charge in [0.2, 0.25) is 0 Å². The molecule has 5 nitrogen and oxygen atoms in total. The molecule has 0 radical (unpaired) electrons. The topological polar surface area (TPSA) is 67.4 Å². The highest BCUT2D eigenvalue weighted by Gasteiger charge is 2.24. The van der Waals surface area contributed by atoms with E-state index in [0.29, 0.717) is 17.0 Å². The summed E-state index contributed by atoms with van der Waals surface area (Å²) < 4.78 is 5.55. The maximum Gasteiger partial charge on any atom is 0.265 e. The van der Waals surface area contributed by atoms with Crippen LogP contribution < -0.4 is 15.4 Å². The third-order valence-electron chi connectivity index (χ3n) is 4.37. The zero-order chi connectivity index (χ0) is 15.5. The van der Waals surface area contributed by atoms with Crippen LogP contribution in [0.1, 0.15) is 55.8 Å². The van der Waals surface area contributed by atoms with E-state index < -0.39 is 6.10 Å². The van der Waals surface area contributed by atoms with Gasteiger partial charge in [-0.3, -0.25) is 9.59 Å². The molecule has 2 aliphatic rings. The second-order valence-electron chi connectivity index (χ2n) is 6.12. The van der Waals surface area contributed by atoms with Crippen LogP contribution in [0, 0.1) is 0 Å². The quantitative estimate of drug-likeness (QED) is 0.825. The van der Waals surface area contributed by atoms with E-state index in [1.54, 1.807) is 25.1 Å². The van der Waals surface area contributed by atoms with E-state index in [9.17, 15) is 9.59 Å². The van der Waals surface area contributed by atoms with E-state index >= 15 is 0 Å². The van der Waals surface area contributed by atoms with Gasteiger partial charge >= 0.3 is 0 Å². The van der Waals surface area contributed by atoms with Crippen molar-refractivity contribution in [3.05, 3.63) is 23.8 Å². The van der Waals surface area contributed by atoms with Crippen molar-refractivity contribution < 1.29 is 14.3 Å². The van der Waals surface area contributed by atoms with Crippen molar-refractivity contribution in [1.82, 2.24) is 5.32 Å². The molecule has 0 bridgehead atoms. The smallest absolute Gasteiger partial charge is 0.265 e. The molecule has 2 amide bonds. The molecule has 1 aliphatic heterocycles. The van der Waals surface area contributed by atoms with Crippen LogP contribution in [0.15, 0.2) is 18.2 Å². The number of rotatable bonds is 2. The Morgan fingerprint density at radius 1 is 1.23 bits per heavy atom. The van der Waals surface area contributed by atoms with Gasteiger partial charge in [0, 0.05) is 11.6 Å². The van der Waals surface area contributed by atoms with Gasteiger partial charge < -0.3 is 15.4 Å². The maximum atomic E-state index is 12.4. The number of hydrogen-bond acceptors (Lipinski definition) is 3. The number of amides is 2. The fourth-order valence-corrected chi connectivity index (χ4v) is 3.04. The molecule has 1 unspecified atom stereocenters. The van der Waals surface area contributed by atoms with E-state index in [4.69, 9.17) is 4.74 Å². The Morgan fingerprint density at radius 2 is 1.95 bits per heavy atom. The first-order valence-corrected chi connectivity index (χ1v) is 8.06. The largest absolute Gasteiger partial charge is 0.479 e. The van der Waals surface area contributed by atoms with Crippen LogP contribution in [0.4, 0.5) is 5.69 Å². The summed E-state index contributed by atoms with van der Waals surface area (Å²) in [5.41, 5.74) is 1.19. The van der Waals surface area contributed by atoms with E-state index in [1.807, 2.05) is 0 Å². The van der Waals surface area contributed by atoms with E-state index in [1.165, 1.54) is 25.7 Å². The molecule has 1 aromatic carbocycles. The lowest BCUT2D eigenvalue weighted by Gasteiger charge is -2.24. The molecular weight excluding hydrogens is 280 g/mol. The maximum absolute atomic E-state index is 12.4. The van der Waals surface area contributed by atoms with Crippen molar-refractivity contribution in [2.45, 2.75) is 57.6 Å². The van der Waals surface area contributed by atoms with Crippen LogP contribution in [0.2, 0.25) is 0 Å². The van der Waals surface area contributed by atoms with E-state index in [-0.39, 0.29) is 17.9 Å². The van der Waals surface area contributed by atoms with Gasteiger partial charge in [0.1, 0.15) is 5.75 Å². The average Bonchev–Trinajstić information content (AvgIpc) is 2.76. The van der Waals surface area contributed by atoms with Crippen molar-refractivity contribution in [3.63, 3.8) is 0 Å². The predicted octanol–water partition coefficient (Wildman–Crippen LogP) is 2.86. The average molecular weight is 302 g/mol. The third-order valence-corrected chi connectivity index (χ3v) is 4.37. The summed E-state index contributed by atoms with van der Waals surface area (Å²) in [4.78, 5) is 24.0. The van der Waals surface area contributed by atoms with Crippen LogP contribution >= 0.6 is 0 Å². The molecule has 0 spiro atoms. The summed E-state index contributed by atoms with van der Waals surface area (Å²) in [5, 5.41) is 5.89. The summed E-state index contributed by atoms with van der Waals surface area (Å²) in [6.45, 7) is 1.69. The van der Waals surface area contributed by atoms with Crippen molar-refractivity contribution in [2.24, 2.45) is 0 Å². The monoisotopic (exact) mass is 302 g/mol. The molecule has 1 heterocycles. The minimum Gasteiger partial charge on any atom is -0.479 e. The Labute approximate surface area is 130 Å². The predicted molar refractivity (Wildman–Crippen MR) is 84.1 cm³/mol. The molecule has 3 rings (SSSR count). The lowest BCUT2D eigenvalue weighted by Crippen LogP contribution is -2.36. The van der Waals surface area contributed by atoms with Gasteiger partial charge in [-0.2, -0.15) is 0 Å². The van der Waals surface area contributed by atoms with E-state index in [2.05, 4.69) is 10.6 Å². The van der Waals surface area contributed by atoms with Crippen molar-refractivity contribution in [3.8, 4) is 5.75 Å². The Bertz CT molecular complexity index is 577. The summed E-state index contributed by atoms with van der Waals surface area (Å²) >= 11 is 0. The van der Waals surface area contributed by atoms with E-state index in [0.717, 1.165) is 12.8 Å². The van der Waals surface area contributed by atoms with Gasteiger partial charge in [-0.1, -0.05) is 25.7 Å². The minimum absolute atomic E-state index is 0.0668. The molecule has 118 valence electrons. The zero-order valence-electron chi connectivity index (χ0n) is 12.9. The normalized spacial score (nSPS) is 22.0.